The van der Waals surface area contributed by atoms with Crippen molar-refractivity contribution in [2.75, 3.05) is 19.8 Å². The second-order valence-corrected chi connectivity index (χ2v) is 5.27. The first kappa shape index (κ1) is 15.1. The molecule has 0 bridgehead atoms. The van der Waals surface area contributed by atoms with E-state index in [9.17, 15) is 8.78 Å². The molecule has 1 N–H and O–H groups in total. The summed E-state index contributed by atoms with van der Waals surface area (Å²) >= 11 is 0. The van der Waals surface area contributed by atoms with Crippen molar-refractivity contribution < 1.29 is 13.5 Å². The van der Waals surface area contributed by atoms with Crippen LogP contribution in [0, 0.1) is 11.6 Å². The Bertz CT molecular complexity index is 375. The van der Waals surface area contributed by atoms with E-state index in [2.05, 4.69) is 26.1 Å². The average Bonchev–Trinajstić information content (AvgIpc) is 2.26. The molecule has 0 aromatic heterocycles. The van der Waals surface area contributed by atoms with Gasteiger partial charge in [-0.25, -0.2) is 8.78 Å². The van der Waals surface area contributed by atoms with E-state index in [0.29, 0.717) is 25.2 Å². The van der Waals surface area contributed by atoms with Gasteiger partial charge in [0.2, 0.25) is 0 Å². The second kappa shape index (κ2) is 6.81. The first-order chi connectivity index (χ1) is 8.38. The van der Waals surface area contributed by atoms with Crippen LogP contribution in [0.3, 0.4) is 0 Å². The van der Waals surface area contributed by atoms with Gasteiger partial charge in [-0.3, -0.25) is 0 Å². The van der Waals surface area contributed by atoms with Crippen LogP contribution < -0.4 is 5.32 Å². The summed E-state index contributed by atoms with van der Waals surface area (Å²) < 4.78 is 31.5. The van der Waals surface area contributed by atoms with Crippen LogP contribution in [0.2, 0.25) is 0 Å². The van der Waals surface area contributed by atoms with Crippen molar-refractivity contribution in [2.24, 2.45) is 0 Å². The summed E-state index contributed by atoms with van der Waals surface area (Å²) in [6.07, 6.45) is 0.388. The van der Waals surface area contributed by atoms with Gasteiger partial charge < -0.3 is 10.1 Å². The van der Waals surface area contributed by atoms with Gasteiger partial charge in [-0.15, -0.1) is 0 Å². The third-order valence-corrected chi connectivity index (χ3v) is 2.43. The lowest BCUT2D eigenvalue weighted by molar-refractivity contribution is 0.133. The largest absolute Gasteiger partial charge is 0.380 e. The summed E-state index contributed by atoms with van der Waals surface area (Å²) in [7, 11) is 0. The Morgan fingerprint density at radius 1 is 1.17 bits per heavy atom. The highest BCUT2D eigenvalue weighted by molar-refractivity contribution is 5.18. The number of hydrogen-bond donors (Lipinski definition) is 1. The van der Waals surface area contributed by atoms with E-state index >= 15 is 0 Å². The van der Waals surface area contributed by atoms with Gasteiger partial charge in [-0.05, 0) is 51.0 Å². The van der Waals surface area contributed by atoms with Gasteiger partial charge in [-0.1, -0.05) is 0 Å². The highest BCUT2D eigenvalue weighted by atomic mass is 19.1. The Morgan fingerprint density at radius 2 is 1.89 bits per heavy atom. The van der Waals surface area contributed by atoms with Gasteiger partial charge in [0.1, 0.15) is 11.6 Å². The van der Waals surface area contributed by atoms with Crippen molar-refractivity contribution in [3.05, 3.63) is 35.4 Å². The number of hydrogen-bond acceptors (Lipinski definition) is 2. The van der Waals surface area contributed by atoms with Gasteiger partial charge >= 0.3 is 0 Å². The molecule has 1 rings (SSSR count). The van der Waals surface area contributed by atoms with Crippen molar-refractivity contribution in [2.45, 2.75) is 32.7 Å². The Morgan fingerprint density at radius 3 is 2.56 bits per heavy atom. The lowest BCUT2D eigenvalue weighted by Crippen LogP contribution is -2.38. The molecule has 0 saturated carbocycles. The molecule has 0 spiro atoms. The topological polar surface area (TPSA) is 21.3 Å². The quantitative estimate of drug-likeness (QED) is 0.791. The molecular formula is C14H21F2NO. The predicted molar refractivity (Wildman–Crippen MR) is 68.6 cm³/mol. The standard InChI is InChI=1S/C14H21F2NO/c1-14(2,3)17-7-9-18-8-6-11-10-12(15)4-5-13(11)16/h4-5,10,17H,6-9H2,1-3H3. The first-order valence-electron chi connectivity index (χ1n) is 6.15. The van der Waals surface area contributed by atoms with Crippen LogP contribution in [0.5, 0.6) is 0 Å². The lowest BCUT2D eigenvalue weighted by Gasteiger charge is -2.20. The van der Waals surface area contributed by atoms with Gasteiger partial charge in [0.15, 0.2) is 0 Å². The number of benzene rings is 1. The van der Waals surface area contributed by atoms with E-state index < -0.39 is 5.82 Å². The maximum absolute atomic E-state index is 13.3. The average molecular weight is 257 g/mol. The molecule has 1 aromatic rings. The molecule has 18 heavy (non-hydrogen) atoms. The minimum atomic E-state index is -0.416. The number of ether oxygens (including phenoxy) is 1. The van der Waals surface area contributed by atoms with E-state index in [0.717, 1.165) is 18.7 Å². The lowest BCUT2D eigenvalue weighted by atomic mass is 10.1. The van der Waals surface area contributed by atoms with Crippen molar-refractivity contribution >= 4 is 0 Å². The number of nitrogens with one attached hydrogen (secondary N) is 1. The zero-order valence-electron chi connectivity index (χ0n) is 11.2. The number of halogens is 2. The maximum atomic E-state index is 13.3. The molecular weight excluding hydrogens is 236 g/mol. The second-order valence-electron chi connectivity index (χ2n) is 5.27. The van der Waals surface area contributed by atoms with E-state index in [4.69, 9.17) is 4.74 Å². The van der Waals surface area contributed by atoms with Gasteiger partial charge in [-0.2, -0.15) is 0 Å². The van der Waals surface area contributed by atoms with Crippen molar-refractivity contribution in [1.29, 1.82) is 0 Å². The molecule has 0 fully saturated rings. The summed E-state index contributed by atoms with van der Waals surface area (Å²) in [4.78, 5) is 0. The van der Waals surface area contributed by atoms with Gasteiger partial charge in [0.05, 0.1) is 13.2 Å². The van der Waals surface area contributed by atoms with Crippen LogP contribution in [0.25, 0.3) is 0 Å². The van der Waals surface area contributed by atoms with Gasteiger partial charge in [0, 0.05) is 12.1 Å². The van der Waals surface area contributed by atoms with Crippen LogP contribution in [-0.4, -0.2) is 25.3 Å². The molecule has 4 heteroatoms. The summed E-state index contributed by atoms with van der Waals surface area (Å²) in [6.45, 7) is 7.94. The molecule has 102 valence electrons. The zero-order valence-corrected chi connectivity index (χ0v) is 11.2. The Hall–Kier alpha value is -1.00. The molecule has 1 aromatic carbocycles. The first-order valence-corrected chi connectivity index (χ1v) is 6.15. The maximum Gasteiger partial charge on any atom is 0.126 e. The summed E-state index contributed by atoms with van der Waals surface area (Å²) in [5.74, 6) is -0.798. The van der Waals surface area contributed by atoms with Crippen LogP contribution >= 0.6 is 0 Å². The minimum Gasteiger partial charge on any atom is -0.380 e. The molecule has 0 atom stereocenters. The highest BCUT2D eigenvalue weighted by Crippen LogP contribution is 2.10. The monoisotopic (exact) mass is 257 g/mol. The van der Waals surface area contributed by atoms with E-state index in [-0.39, 0.29) is 11.4 Å². The van der Waals surface area contributed by atoms with E-state index in [1.165, 1.54) is 6.07 Å². The van der Waals surface area contributed by atoms with Crippen molar-refractivity contribution in [3.8, 4) is 0 Å². The van der Waals surface area contributed by atoms with Crippen LogP contribution in [0.15, 0.2) is 18.2 Å². The highest BCUT2D eigenvalue weighted by Gasteiger charge is 2.07. The van der Waals surface area contributed by atoms with Crippen molar-refractivity contribution in [1.82, 2.24) is 5.32 Å². The summed E-state index contributed by atoms with van der Waals surface area (Å²) in [6, 6.07) is 3.48. The van der Waals surface area contributed by atoms with Crippen LogP contribution in [0.1, 0.15) is 26.3 Å². The normalized spacial score (nSPS) is 11.8. The Labute approximate surface area is 107 Å². The van der Waals surface area contributed by atoms with E-state index in [1.54, 1.807) is 0 Å². The van der Waals surface area contributed by atoms with Crippen LogP contribution in [0.4, 0.5) is 8.78 Å². The zero-order chi connectivity index (χ0) is 13.6. The van der Waals surface area contributed by atoms with Crippen LogP contribution in [-0.2, 0) is 11.2 Å². The molecule has 0 aliphatic rings. The fourth-order valence-corrected chi connectivity index (χ4v) is 1.52. The summed E-state index contributed by atoms with van der Waals surface area (Å²) in [5.41, 5.74) is 0.427. The minimum absolute atomic E-state index is 0.0675. The third-order valence-electron chi connectivity index (χ3n) is 2.43. The SMILES string of the molecule is CC(C)(C)NCCOCCc1cc(F)ccc1F. The van der Waals surface area contributed by atoms with Gasteiger partial charge in [0.25, 0.3) is 0 Å². The number of rotatable bonds is 6. The van der Waals surface area contributed by atoms with E-state index in [1.807, 2.05) is 0 Å². The van der Waals surface area contributed by atoms with Crippen molar-refractivity contribution in [3.63, 3.8) is 0 Å². The molecule has 0 heterocycles. The molecule has 0 aliphatic heterocycles. The fourth-order valence-electron chi connectivity index (χ4n) is 1.52. The Balaban J connectivity index is 2.20. The fraction of sp³-hybridized carbons (Fsp3) is 0.571. The molecule has 0 amide bonds. The Kier molecular flexibility index (Phi) is 5.69. The molecule has 0 radical (unpaired) electrons. The molecule has 0 saturated heterocycles. The molecule has 0 unspecified atom stereocenters. The smallest absolute Gasteiger partial charge is 0.126 e. The molecule has 0 aliphatic carbocycles. The predicted octanol–water partition coefficient (Wildman–Crippen LogP) is 2.91. The summed E-state index contributed by atoms with van der Waals surface area (Å²) in [5, 5.41) is 3.28. The molecule has 2 nitrogen and oxygen atoms in total. The third kappa shape index (κ3) is 6.07.